The van der Waals surface area contributed by atoms with E-state index in [-0.39, 0.29) is 0 Å². The maximum atomic E-state index is 3.62. The van der Waals surface area contributed by atoms with Crippen LogP contribution in [0.1, 0.15) is 24.0 Å². The van der Waals surface area contributed by atoms with Crippen molar-refractivity contribution in [1.82, 2.24) is 0 Å². The highest BCUT2D eigenvalue weighted by Crippen LogP contribution is 2.27. The zero-order valence-electron chi connectivity index (χ0n) is 10.6. The molecule has 1 N–H and O–H groups in total. The van der Waals surface area contributed by atoms with Crippen molar-refractivity contribution in [1.29, 1.82) is 0 Å². The molecule has 0 aromatic heterocycles. The summed E-state index contributed by atoms with van der Waals surface area (Å²) in [7, 11) is 0. The molecule has 18 heavy (non-hydrogen) atoms. The van der Waals surface area contributed by atoms with Crippen molar-refractivity contribution in [2.24, 2.45) is 0 Å². The molecule has 1 heteroatoms. The van der Waals surface area contributed by atoms with Crippen LogP contribution in [0, 0.1) is 0 Å². The van der Waals surface area contributed by atoms with E-state index in [9.17, 15) is 0 Å². The van der Waals surface area contributed by atoms with Crippen LogP contribution in [0.25, 0.3) is 0 Å². The number of para-hydroxylation sites is 1. The first-order chi connectivity index (χ1) is 8.92. The third-order valence-corrected chi connectivity index (χ3v) is 3.70. The van der Waals surface area contributed by atoms with E-state index in [1.807, 2.05) is 0 Å². The lowest BCUT2D eigenvalue weighted by molar-refractivity contribution is 0.632. The fourth-order valence-electron chi connectivity index (χ4n) is 2.75. The van der Waals surface area contributed by atoms with Crippen LogP contribution in [0.15, 0.2) is 54.6 Å². The van der Waals surface area contributed by atoms with Gasteiger partial charge in [-0.3, -0.25) is 0 Å². The van der Waals surface area contributed by atoms with E-state index in [1.165, 1.54) is 42.5 Å². The summed E-state index contributed by atoms with van der Waals surface area (Å²) in [6.45, 7) is 0. The average Bonchev–Trinajstić information content (AvgIpc) is 2.82. The molecule has 0 saturated heterocycles. The fraction of sp³-hybridized carbons (Fsp3) is 0.294. The van der Waals surface area contributed by atoms with Gasteiger partial charge in [-0.25, -0.2) is 0 Å². The van der Waals surface area contributed by atoms with Gasteiger partial charge in [0.05, 0.1) is 0 Å². The third-order valence-electron chi connectivity index (χ3n) is 3.70. The van der Waals surface area contributed by atoms with Crippen molar-refractivity contribution in [2.45, 2.75) is 31.7 Å². The standard InChI is InChI=1S/C17H19N/c1-2-7-14(8-3-1)9-6-11-16-13-15-10-4-5-12-17(15)18-16/h1-5,7-8,10,12,16,18H,6,9,11,13H2. The molecule has 1 aliphatic rings. The summed E-state index contributed by atoms with van der Waals surface area (Å²) in [5.74, 6) is 0. The van der Waals surface area contributed by atoms with Gasteiger partial charge < -0.3 is 5.32 Å². The quantitative estimate of drug-likeness (QED) is 0.846. The monoisotopic (exact) mass is 237 g/mol. The third kappa shape index (κ3) is 2.56. The fourth-order valence-corrected chi connectivity index (χ4v) is 2.75. The maximum Gasteiger partial charge on any atom is 0.0375 e. The number of rotatable bonds is 4. The summed E-state index contributed by atoms with van der Waals surface area (Å²) >= 11 is 0. The summed E-state index contributed by atoms with van der Waals surface area (Å²) in [4.78, 5) is 0. The molecule has 1 aliphatic heterocycles. The molecule has 0 spiro atoms. The van der Waals surface area contributed by atoms with Gasteiger partial charge in [0, 0.05) is 11.7 Å². The van der Waals surface area contributed by atoms with Gasteiger partial charge in [0.2, 0.25) is 0 Å². The van der Waals surface area contributed by atoms with Gasteiger partial charge in [0.15, 0.2) is 0 Å². The highest BCUT2D eigenvalue weighted by atomic mass is 14.9. The van der Waals surface area contributed by atoms with Crippen LogP contribution in [0.4, 0.5) is 5.69 Å². The zero-order chi connectivity index (χ0) is 12.2. The predicted molar refractivity (Wildman–Crippen MR) is 76.9 cm³/mol. The summed E-state index contributed by atoms with van der Waals surface area (Å²) < 4.78 is 0. The molecule has 0 bridgehead atoms. The van der Waals surface area contributed by atoms with Gasteiger partial charge in [-0.05, 0) is 42.9 Å². The summed E-state index contributed by atoms with van der Waals surface area (Å²) in [6, 6.07) is 20.1. The summed E-state index contributed by atoms with van der Waals surface area (Å²) in [5, 5.41) is 3.62. The SMILES string of the molecule is c1ccc(CCCC2Cc3ccccc3N2)cc1. The van der Waals surface area contributed by atoms with E-state index in [0.29, 0.717) is 6.04 Å². The first-order valence-electron chi connectivity index (χ1n) is 6.80. The topological polar surface area (TPSA) is 12.0 Å². The molecular weight excluding hydrogens is 218 g/mol. The van der Waals surface area contributed by atoms with E-state index in [1.54, 1.807) is 0 Å². The lowest BCUT2D eigenvalue weighted by atomic mass is 10.0. The maximum absolute atomic E-state index is 3.62. The van der Waals surface area contributed by atoms with Crippen LogP contribution < -0.4 is 5.32 Å². The van der Waals surface area contributed by atoms with Crippen molar-refractivity contribution < 1.29 is 0 Å². The van der Waals surface area contributed by atoms with Crippen molar-refractivity contribution >= 4 is 5.69 Å². The molecule has 1 atom stereocenters. The molecule has 1 unspecified atom stereocenters. The summed E-state index contributed by atoms with van der Waals surface area (Å²) in [6.07, 6.45) is 4.89. The van der Waals surface area contributed by atoms with Crippen LogP contribution in [-0.2, 0) is 12.8 Å². The van der Waals surface area contributed by atoms with E-state index in [0.717, 1.165) is 0 Å². The highest BCUT2D eigenvalue weighted by Gasteiger charge is 2.18. The Morgan fingerprint density at radius 1 is 0.944 bits per heavy atom. The zero-order valence-corrected chi connectivity index (χ0v) is 10.6. The van der Waals surface area contributed by atoms with Crippen molar-refractivity contribution in [2.75, 3.05) is 5.32 Å². The Morgan fingerprint density at radius 3 is 2.56 bits per heavy atom. The first kappa shape index (κ1) is 11.3. The van der Waals surface area contributed by atoms with Crippen molar-refractivity contribution in [3.05, 3.63) is 65.7 Å². The number of benzene rings is 2. The number of nitrogens with one attached hydrogen (secondary N) is 1. The number of hydrogen-bond donors (Lipinski definition) is 1. The van der Waals surface area contributed by atoms with Gasteiger partial charge >= 0.3 is 0 Å². The lowest BCUT2D eigenvalue weighted by Crippen LogP contribution is -2.15. The van der Waals surface area contributed by atoms with Crippen LogP contribution in [-0.4, -0.2) is 6.04 Å². The molecule has 1 nitrogen and oxygen atoms in total. The number of anilines is 1. The second-order valence-corrected chi connectivity index (χ2v) is 5.08. The minimum Gasteiger partial charge on any atom is -0.382 e. The largest absolute Gasteiger partial charge is 0.382 e. The van der Waals surface area contributed by atoms with Gasteiger partial charge in [-0.15, -0.1) is 0 Å². The van der Waals surface area contributed by atoms with Crippen molar-refractivity contribution in [3.8, 4) is 0 Å². The lowest BCUT2D eigenvalue weighted by Gasteiger charge is -2.10. The molecule has 0 aliphatic carbocycles. The first-order valence-corrected chi connectivity index (χ1v) is 6.80. The molecule has 92 valence electrons. The Kier molecular flexibility index (Phi) is 3.31. The molecule has 0 amide bonds. The Labute approximate surface area is 109 Å². The van der Waals surface area contributed by atoms with Crippen LogP contribution >= 0.6 is 0 Å². The summed E-state index contributed by atoms with van der Waals surface area (Å²) in [5.41, 5.74) is 4.26. The molecule has 1 heterocycles. The van der Waals surface area contributed by atoms with E-state index in [4.69, 9.17) is 0 Å². The minimum atomic E-state index is 0.631. The Bertz CT molecular complexity index is 479. The van der Waals surface area contributed by atoms with Crippen LogP contribution in [0.2, 0.25) is 0 Å². The van der Waals surface area contributed by atoms with E-state index < -0.39 is 0 Å². The molecular formula is C17H19N. The number of aryl methyl sites for hydroxylation is 1. The van der Waals surface area contributed by atoms with Crippen LogP contribution in [0.3, 0.4) is 0 Å². The minimum absolute atomic E-state index is 0.631. The number of fused-ring (bicyclic) bond motifs is 1. The van der Waals surface area contributed by atoms with Gasteiger partial charge in [-0.1, -0.05) is 48.5 Å². The number of hydrogen-bond acceptors (Lipinski definition) is 1. The smallest absolute Gasteiger partial charge is 0.0375 e. The Balaban J connectivity index is 1.49. The molecule has 3 rings (SSSR count). The molecule has 0 fully saturated rings. The predicted octanol–water partition coefficient (Wildman–Crippen LogP) is 4.05. The Morgan fingerprint density at radius 2 is 1.72 bits per heavy atom. The van der Waals surface area contributed by atoms with Crippen molar-refractivity contribution in [3.63, 3.8) is 0 Å². The van der Waals surface area contributed by atoms with Gasteiger partial charge in [0.25, 0.3) is 0 Å². The van der Waals surface area contributed by atoms with Gasteiger partial charge in [-0.2, -0.15) is 0 Å². The molecule has 2 aromatic rings. The second-order valence-electron chi connectivity index (χ2n) is 5.08. The average molecular weight is 237 g/mol. The van der Waals surface area contributed by atoms with E-state index in [2.05, 4.69) is 59.9 Å². The van der Waals surface area contributed by atoms with Gasteiger partial charge in [0.1, 0.15) is 0 Å². The normalized spacial score (nSPS) is 17.2. The second kappa shape index (κ2) is 5.26. The highest BCUT2D eigenvalue weighted by molar-refractivity contribution is 5.56. The van der Waals surface area contributed by atoms with Crippen LogP contribution in [0.5, 0.6) is 0 Å². The Hall–Kier alpha value is -1.76. The molecule has 2 aromatic carbocycles. The van der Waals surface area contributed by atoms with E-state index >= 15 is 0 Å². The molecule has 0 saturated carbocycles. The molecule has 0 radical (unpaired) electrons.